The van der Waals surface area contributed by atoms with E-state index in [-0.39, 0.29) is 0 Å². The Morgan fingerprint density at radius 3 is 2.18 bits per heavy atom. The Hall–Kier alpha value is -2.23. The van der Waals surface area contributed by atoms with Crippen molar-refractivity contribution in [2.24, 2.45) is 5.73 Å². The predicted molar refractivity (Wildman–Crippen MR) is 71.6 cm³/mol. The van der Waals surface area contributed by atoms with Crippen LogP contribution in [0.2, 0.25) is 0 Å². The van der Waals surface area contributed by atoms with Crippen molar-refractivity contribution < 1.29 is 4.79 Å². The van der Waals surface area contributed by atoms with Gasteiger partial charge in [-0.2, -0.15) is 0 Å². The van der Waals surface area contributed by atoms with Crippen molar-refractivity contribution in [3.8, 4) is 0 Å². The average Bonchev–Trinajstić information content (AvgIpc) is 2.27. The summed E-state index contributed by atoms with van der Waals surface area (Å²) in [6.07, 6.45) is 4.42. The molecule has 0 aliphatic heterocycles. The van der Waals surface area contributed by atoms with Gasteiger partial charge < -0.3 is 17.2 Å². The van der Waals surface area contributed by atoms with Gasteiger partial charge in [-0.1, -0.05) is 12.2 Å². The first-order valence-corrected chi connectivity index (χ1v) is 5.24. The van der Waals surface area contributed by atoms with Gasteiger partial charge in [0.15, 0.2) is 0 Å². The van der Waals surface area contributed by atoms with E-state index in [4.69, 9.17) is 17.2 Å². The molecule has 1 amide bonds. The molecule has 0 spiro atoms. The maximum atomic E-state index is 11.3. The van der Waals surface area contributed by atoms with E-state index in [0.29, 0.717) is 35.3 Å². The number of carbonyl (C=O) groups is 1. The van der Waals surface area contributed by atoms with Gasteiger partial charge in [0.2, 0.25) is 5.91 Å². The zero-order valence-electron chi connectivity index (χ0n) is 9.70. The molecule has 0 aliphatic rings. The van der Waals surface area contributed by atoms with E-state index in [0.717, 1.165) is 5.56 Å². The largest absolute Gasteiger partial charge is 0.398 e. The van der Waals surface area contributed by atoms with Gasteiger partial charge in [0.25, 0.3) is 0 Å². The number of allylic oxidation sites excluding steroid dienone is 2. The molecule has 90 valence electrons. The Bertz CT molecular complexity index is 478. The number of hydrogen-bond acceptors (Lipinski definition) is 3. The zero-order chi connectivity index (χ0) is 13.0. The first-order valence-electron chi connectivity index (χ1n) is 5.24. The van der Waals surface area contributed by atoms with Crippen molar-refractivity contribution in [2.75, 3.05) is 11.5 Å². The molecule has 6 N–H and O–H groups in total. The number of anilines is 2. The zero-order valence-corrected chi connectivity index (χ0v) is 9.70. The third-order valence-electron chi connectivity index (χ3n) is 2.59. The number of carbonyl (C=O) groups excluding carboxylic acids is 1. The van der Waals surface area contributed by atoms with Crippen LogP contribution in [0.15, 0.2) is 31.4 Å². The van der Waals surface area contributed by atoms with Gasteiger partial charge in [-0.15, -0.1) is 13.2 Å². The fourth-order valence-corrected chi connectivity index (χ4v) is 1.77. The molecule has 0 saturated carbocycles. The summed E-state index contributed by atoms with van der Waals surface area (Å²) in [5.41, 5.74) is 19.9. The number of benzene rings is 1. The van der Waals surface area contributed by atoms with Crippen LogP contribution >= 0.6 is 0 Å². The molecule has 4 heteroatoms. The van der Waals surface area contributed by atoms with Crippen LogP contribution in [0.25, 0.3) is 0 Å². The summed E-state index contributed by atoms with van der Waals surface area (Å²) in [7, 11) is 0. The summed E-state index contributed by atoms with van der Waals surface area (Å²) in [6, 6.07) is 1.57. The molecule has 0 aliphatic carbocycles. The Labute approximate surface area is 101 Å². The van der Waals surface area contributed by atoms with Crippen molar-refractivity contribution in [3.63, 3.8) is 0 Å². The fraction of sp³-hybridized carbons (Fsp3) is 0.154. The Balaban J connectivity index is 3.50. The third kappa shape index (κ3) is 2.47. The number of amides is 1. The topological polar surface area (TPSA) is 95.1 Å². The summed E-state index contributed by atoms with van der Waals surface area (Å²) in [5, 5.41) is 0. The van der Waals surface area contributed by atoms with E-state index >= 15 is 0 Å². The van der Waals surface area contributed by atoms with Gasteiger partial charge in [-0.25, -0.2) is 0 Å². The van der Waals surface area contributed by atoms with Crippen LogP contribution < -0.4 is 17.2 Å². The maximum absolute atomic E-state index is 11.3. The van der Waals surface area contributed by atoms with Crippen molar-refractivity contribution in [2.45, 2.75) is 12.8 Å². The molecule has 1 aromatic carbocycles. The normalized spacial score (nSPS) is 9.88. The minimum absolute atomic E-state index is 0.354. The van der Waals surface area contributed by atoms with E-state index in [2.05, 4.69) is 13.2 Å². The number of hydrogen-bond donors (Lipinski definition) is 3. The maximum Gasteiger partial charge on any atom is 0.249 e. The van der Waals surface area contributed by atoms with Crippen LogP contribution in [-0.2, 0) is 12.8 Å². The first-order chi connectivity index (χ1) is 8.02. The lowest BCUT2D eigenvalue weighted by Gasteiger charge is -2.15. The highest BCUT2D eigenvalue weighted by Crippen LogP contribution is 2.29. The molecule has 0 fully saturated rings. The minimum Gasteiger partial charge on any atom is -0.398 e. The van der Waals surface area contributed by atoms with Crippen LogP contribution in [0.5, 0.6) is 0 Å². The highest BCUT2D eigenvalue weighted by atomic mass is 16.1. The van der Waals surface area contributed by atoms with Crippen LogP contribution in [0.4, 0.5) is 11.4 Å². The molecule has 0 saturated heterocycles. The van der Waals surface area contributed by atoms with Gasteiger partial charge in [0.1, 0.15) is 0 Å². The van der Waals surface area contributed by atoms with Crippen molar-refractivity contribution in [1.29, 1.82) is 0 Å². The third-order valence-corrected chi connectivity index (χ3v) is 2.59. The second kappa shape index (κ2) is 5.21. The van der Waals surface area contributed by atoms with E-state index in [1.54, 1.807) is 18.2 Å². The van der Waals surface area contributed by atoms with Gasteiger partial charge >= 0.3 is 0 Å². The summed E-state index contributed by atoms with van der Waals surface area (Å²) in [6.45, 7) is 7.29. The van der Waals surface area contributed by atoms with Crippen molar-refractivity contribution in [3.05, 3.63) is 48.1 Å². The molecule has 0 aromatic heterocycles. The first kappa shape index (κ1) is 12.8. The number of nitrogens with two attached hydrogens (primary N) is 3. The molecule has 4 nitrogen and oxygen atoms in total. The molecule has 1 rings (SSSR count). The van der Waals surface area contributed by atoms with E-state index in [9.17, 15) is 4.79 Å². The lowest BCUT2D eigenvalue weighted by Crippen LogP contribution is -2.17. The average molecular weight is 231 g/mol. The van der Waals surface area contributed by atoms with Gasteiger partial charge in [-0.3, -0.25) is 4.79 Å². The predicted octanol–water partition coefficient (Wildman–Crippen LogP) is 1.41. The SMILES string of the molecule is C=CCc1c(N)cc(C(N)=O)c(CC=C)c1N. The summed E-state index contributed by atoms with van der Waals surface area (Å²) in [4.78, 5) is 11.3. The second-order valence-corrected chi connectivity index (χ2v) is 3.73. The molecule has 0 heterocycles. The molecular formula is C13H17N3O. The summed E-state index contributed by atoms with van der Waals surface area (Å²) in [5.74, 6) is -0.537. The number of rotatable bonds is 5. The molecule has 17 heavy (non-hydrogen) atoms. The fourth-order valence-electron chi connectivity index (χ4n) is 1.77. The lowest BCUT2D eigenvalue weighted by molar-refractivity contribution is 0.0999. The van der Waals surface area contributed by atoms with Crippen LogP contribution in [0.1, 0.15) is 21.5 Å². The standard InChI is InChI=1S/C13H17N3O/c1-3-5-8-10(13(16)17)7-11(14)9(6-4-2)12(8)15/h3-4,7H,1-2,5-6,14-15H2,(H2,16,17). The Morgan fingerprint density at radius 2 is 1.71 bits per heavy atom. The molecule has 0 atom stereocenters. The van der Waals surface area contributed by atoms with Crippen molar-refractivity contribution in [1.82, 2.24) is 0 Å². The Kier molecular flexibility index (Phi) is 3.93. The van der Waals surface area contributed by atoms with Gasteiger partial charge in [0, 0.05) is 22.5 Å². The van der Waals surface area contributed by atoms with Gasteiger partial charge in [0.05, 0.1) is 0 Å². The lowest BCUT2D eigenvalue weighted by atomic mass is 9.95. The molecule has 0 bridgehead atoms. The van der Waals surface area contributed by atoms with Gasteiger partial charge in [-0.05, 0) is 24.5 Å². The van der Waals surface area contributed by atoms with E-state index < -0.39 is 5.91 Å². The summed E-state index contributed by atoms with van der Waals surface area (Å²) >= 11 is 0. The smallest absolute Gasteiger partial charge is 0.249 e. The Morgan fingerprint density at radius 1 is 1.18 bits per heavy atom. The van der Waals surface area contributed by atoms with Crippen LogP contribution in [0, 0.1) is 0 Å². The monoisotopic (exact) mass is 231 g/mol. The van der Waals surface area contributed by atoms with Crippen LogP contribution in [-0.4, -0.2) is 5.91 Å². The molecule has 0 unspecified atom stereocenters. The molecule has 1 aromatic rings. The summed E-state index contributed by atoms with van der Waals surface area (Å²) < 4.78 is 0. The minimum atomic E-state index is -0.537. The second-order valence-electron chi connectivity index (χ2n) is 3.73. The highest BCUT2D eigenvalue weighted by molar-refractivity contribution is 5.97. The van der Waals surface area contributed by atoms with Crippen molar-refractivity contribution >= 4 is 17.3 Å². The molecular weight excluding hydrogens is 214 g/mol. The van der Waals surface area contributed by atoms with E-state index in [1.165, 1.54) is 0 Å². The quantitative estimate of drug-likeness (QED) is 0.528. The van der Waals surface area contributed by atoms with Crippen LogP contribution in [0.3, 0.4) is 0 Å². The molecule has 0 radical (unpaired) electrons. The number of nitrogen functional groups attached to an aromatic ring is 2. The highest BCUT2D eigenvalue weighted by Gasteiger charge is 2.15. The van der Waals surface area contributed by atoms with E-state index in [1.807, 2.05) is 0 Å². The number of primary amides is 1.